The van der Waals surface area contributed by atoms with Crippen LogP contribution in [0.2, 0.25) is 0 Å². The third kappa shape index (κ3) is 4.25. The molecule has 1 atom stereocenters. The highest BCUT2D eigenvalue weighted by Crippen LogP contribution is 2.49. The number of aromatic nitrogens is 1. The number of likely N-dealkylation sites (tertiary alicyclic amines) is 1. The van der Waals surface area contributed by atoms with E-state index < -0.39 is 17.7 Å². The van der Waals surface area contributed by atoms with Crippen LogP contribution in [0.5, 0.6) is 5.75 Å². The van der Waals surface area contributed by atoms with Gasteiger partial charge >= 0.3 is 0 Å². The second-order valence-electron chi connectivity index (χ2n) is 9.76. The number of amides is 1. The van der Waals surface area contributed by atoms with Crippen molar-refractivity contribution in [2.45, 2.75) is 30.8 Å². The van der Waals surface area contributed by atoms with Crippen molar-refractivity contribution in [1.82, 2.24) is 14.8 Å². The number of ether oxygens (including phenoxy) is 2. The topological polar surface area (TPSA) is 78.0 Å². The number of aliphatic hydroxyl groups is 1. The number of fused-ring (bicyclic) bond motifs is 4. The number of nitrogens with one attached hydrogen (secondary N) is 1. The first-order chi connectivity index (χ1) is 17.4. The van der Waals surface area contributed by atoms with Crippen LogP contribution in [0.4, 0.5) is 8.78 Å². The Bertz CT molecular complexity index is 1270. The van der Waals surface area contributed by atoms with Gasteiger partial charge in [-0.1, -0.05) is 0 Å². The van der Waals surface area contributed by atoms with E-state index in [0.29, 0.717) is 32.5 Å². The molecular formula is C27H31F2N3O4. The minimum absolute atomic E-state index is 0.0426. The Morgan fingerprint density at radius 2 is 1.94 bits per heavy atom. The quantitative estimate of drug-likeness (QED) is 0.543. The number of carbonyl (C=O) groups is 1. The molecule has 1 fully saturated rings. The lowest BCUT2D eigenvalue weighted by Crippen LogP contribution is -2.54. The van der Waals surface area contributed by atoms with Gasteiger partial charge in [0.05, 0.1) is 19.8 Å². The number of rotatable bonds is 6. The zero-order chi connectivity index (χ0) is 25.4. The molecule has 3 heterocycles. The van der Waals surface area contributed by atoms with Crippen molar-refractivity contribution in [3.05, 3.63) is 64.9 Å². The number of benzene rings is 2. The first kappa shape index (κ1) is 24.7. The molecule has 1 saturated heterocycles. The molecule has 0 radical (unpaired) electrons. The molecule has 7 nitrogen and oxygen atoms in total. The summed E-state index contributed by atoms with van der Waals surface area (Å²) in [7, 11) is 3.12. The van der Waals surface area contributed by atoms with Crippen LogP contribution in [0.1, 0.15) is 35.7 Å². The van der Waals surface area contributed by atoms with Crippen molar-refractivity contribution < 1.29 is 28.2 Å². The second-order valence-corrected chi connectivity index (χ2v) is 9.76. The lowest BCUT2D eigenvalue weighted by molar-refractivity contribution is -0.137. The molecule has 0 bridgehead atoms. The van der Waals surface area contributed by atoms with Gasteiger partial charge in [0.15, 0.2) is 0 Å². The Balaban J connectivity index is 1.58. The molecular weight excluding hydrogens is 468 g/mol. The average molecular weight is 500 g/mol. The molecule has 5 rings (SSSR count). The van der Waals surface area contributed by atoms with Crippen molar-refractivity contribution in [1.29, 1.82) is 0 Å². The summed E-state index contributed by atoms with van der Waals surface area (Å²) in [5.41, 5.74) is 2.82. The van der Waals surface area contributed by atoms with Gasteiger partial charge in [-0.25, -0.2) is 8.78 Å². The van der Waals surface area contributed by atoms with E-state index in [4.69, 9.17) is 9.47 Å². The summed E-state index contributed by atoms with van der Waals surface area (Å²) in [6.45, 7) is 1.70. The second kappa shape index (κ2) is 9.80. The molecule has 192 valence electrons. The van der Waals surface area contributed by atoms with E-state index in [2.05, 4.69) is 4.98 Å². The fourth-order valence-electron chi connectivity index (χ4n) is 5.97. The van der Waals surface area contributed by atoms with Crippen molar-refractivity contribution in [2.24, 2.45) is 0 Å². The van der Waals surface area contributed by atoms with Crippen LogP contribution in [0.3, 0.4) is 0 Å². The molecule has 0 aliphatic carbocycles. The maximum Gasteiger partial charge on any atom is 0.248 e. The number of hydrogen-bond donors (Lipinski definition) is 2. The number of nitrogens with zero attached hydrogens (tertiary/aromatic N) is 2. The SMILES string of the molecule is COCC(=O)N1CCC2(CC1)CN(Cc1cc(F)ccc1F)[C@H](CO)c1[nH]c3cc(OC)ccc3c12. The van der Waals surface area contributed by atoms with Crippen LogP contribution >= 0.6 is 0 Å². The van der Waals surface area contributed by atoms with Gasteiger partial charge in [0.1, 0.15) is 24.0 Å². The van der Waals surface area contributed by atoms with Crippen LogP contribution in [-0.2, 0) is 21.5 Å². The molecule has 2 N–H and O–H groups in total. The molecule has 0 unspecified atom stereocenters. The predicted octanol–water partition coefficient (Wildman–Crippen LogP) is 3.51. The average Bonchev–Trinajstić information content (AvgIpc) is 3.26. The van der Waals surface area contributed by atoms with Crippen molar-refractivity contribution in [3.63, 3.8) is 0 Å². The van der Waals surface area contributed by atoms with Gasteiger partial charge in [-0.3, -0.25) is 9.69 Å². The van der Waals surface area contributed by atoms with E-state index >= 15 is 0 Å². The van der Waals surface area contributed by atoms with E-state index in [0.717, 1.165) is 40.0 Å². The van der Waals surface area contributed by atoms with Gasteiger partial charge in [-0.05, 0) is 48.7 Å². The van der Waals surface area contributed by atoms with E-state index in [1.807, 2.05) is 28.0 Å². The molecule has 9 heteroatoms. The van der Waals surface area contributed by atoms with Gasteiger partial charge in [0, 0.05) is 66.9 Å². The lowest BCUT2D eigenvalue weighted by Gasteiger charge is -2.50. The van der Waals surface area contributed by atoms with E-state index in [1.165, 1.54) is 13.2 Å². The molecule has 3 aromatic rings. The Kier molecular flexibility index (Phi) is 6.72. The summed E-state index contributed by atoms with van der Waals surface area (Å²) in [6.07, 6.45) is 1.41. The van der Waals surface area contributed by atoms with Gasteiger partial charge in [0.2, 0.25) is 5.91 Å². The lowest BCUT2D eigenvalue weighted by atomic mass is 9.68. The fourth-order valence-corrected chi connectivity index (χ4v) is 5.97. The first-order valence-corrected chi connectivity index (χ1v) is 12.1. The molecule has 1 aromatic heterocycles. The smallest absolute Gasteiger partial charge is 0.248 e. The number of halogens is 2. The number of hydrogen-bond acceptors (Lipinski definition) is 5. The van der Waals surface area contributed by atoms with Crippen molar-refractivity contribution in [2.75, 3.05) is 47.1 Å². The van der Waals surface area contributed by atoms with E-state index in [-0.39, 0.29) is 36.6 Å². The van der Waals surface area contributed by atoms with Crippen LogP contribution < -0.4 is 4.74 Å². The molecule has 2 aliphatic heterocycles. The van der Waals surface area contributed by atoms with Crippen LogP contribution in [0.25, 0.3) is 10.9 Å². The molecule has 2 aliphatic rings. The zero-order valence-corrected chi connectivity index (χ0v) is 20.5. The minimum atomic E-state index is -0.498. The third-order valence-corrected chi connectivity index (χ3v) is 7.74. The van der Waals surface area contributed by atoms with Crippen LogP contribution in [0.15, 0.2) is 36.4 Å². The number of carbonyl (C=O) groups excluding carboxylic acids is 1. The maximum absolute atomic E-state index is 14.6. The normalized spacial score (nSPS) is 19.6. The largest absolute Gasteiger partial charge is 0.497 e. The molecule has 2 aromatic carbocycles. The third-order valence-electron chi connectivity index (χ3n) is 7.74. The number of aliphatic hydroxyl groups excluding tert-OH is 1. The number of aromatic amines is 1. The Hall–Kier alpha value is -3.01. The Morgan fingerprint density at radius 3 is 2.64 bits per heavy atom. The Morgan fingerprint density at radius 1 is 1.17 bits per heavy atom. The first-order valence-electron chi connectivity index (χ1n) is 12.1. The molecule has 1 amide bonds. The summed E-state index contributed by atoms with van der Waals surface area (Å²) >= 11 is 0. The summed E-state index contributed by atoms with van der Waals surface area (Å²) in [5.74, 6) is -0.301. The highest BCUT2D eigenvalue weighted by atomic mass is 19.1. The molecule has 36 heavy (non-hydrogen) atoms. The van der Waals surface area contributed by atoms with Gasteiger partial charge < -0.3 is 24.5 Å². The van der Waals surface area contributed by atoms with Crippen LogP contribution in [0, 0.1) is 11.6 Å². The fraction of sp³-hybridized carbons (Fsp3) is 0.444. The Labute approximate surface area is 208 Å². The van der Waals surface area contributed by atoms with Gasteiger partial charge in [-0.2, -0.15) is 0 Å². The number of piperidine rings is 1. The van der Waals surface area contributed by atoms with E-state index in [9.17, 15) is 18.7 Å². The maximum atomic E-state index is 14.6. The van der Waals surface area contributed by atoms with Crippen molar-refractivity contribution >= 4 is 16.8 Å². The molecule has 0 saturated carbocycles. The predicted molar refractivity (Wildman–Crippen MR) is 131 cm³/mol. The van der Waals surface area contributed by atoms with Gasteiger partial charge in [0.25, 0.3) is 0 Å². The summed E-state index contributed by atoms with van der Waals surface area (Å²) in [5, 5.41) is 11.5. The summed E-state index contributed by atoms with van der Waals surface area (Å²) in [6, 6.07) is 8.93. The highest BCUT2D eigenvalue weighted by Gasteiger charge is 2.47. The minimum Gasteiger partial charge on any atom is -0.497 e. The highest BCUT2D eigenvalue weighted by molar-refractivity contribution is 5.88. The van der Waals surface area contributed by atoms with Gasteiger partial charge in [-0.15, -0.1) is 0 Å². The standard InChI is InChI=1S/C27H31F2N3O4/c1-35-15-24(34)31-9-7-27(8-10-31)16-32(13-17-11-18(28)3-6-21(17)29)23(14-33)26-25(27)20-5-4-19(36-2)12-22(20)30-26/h3-6,11-12,23,30,33H,7-10,13-16H2,1-2H3/t23-/m1/s1. The number of methoxy groups -OCH3 is 2. The summed E-state index contributed by atoms with van der Waals surface area (Å²) in [4.78, 5) is 19.8. The number of H-pyrrole nitrogens is 1. The monoisotopic (exact) mass is 499 g/mol. The molecule has 1 spiro atoms. The van der Waals surface area contributed by atoms with Crippen molar-refractivity contribution in [3.8, 4) is 5.75 Å². The zero-order valence-electron chi connectivity index (χ0n) is 20.5. The van der Waals surface area contributed by atoms with Crippen LogP contribution in [-0.4, -0.2) is 72.9 Å². The van der Waals surface area contributed by atoms with E-state index in [1.54, 1.807) is 7.11 Å². The summed E-state index contributed by atoms with van der Waals surface area (Å²) < 4.78 is 39.0.